The average Bonchev–Trinajstić information content (AvgIpc) is 3.34. The van der Waals surface area contributed by atoms with Crippen LogP contribution in [0.2, 0.25) is 0 Å². The Morgan fingerprint density at radius 3 is 2.96 bits per heavy atom. The SMILES string of the molecule is Cn1c(-c2ccc(C3CC(=O)NCc4nc(N)sc43)o2)nc2ccccc21. The van der Waals surface area contributed by atoms with Crippen LogP contribution in [-0.4, -0.2) is 20.4 Å². The summed E-state index contributed by atoms with van der Waals surface area (Å²) in [5.74, 6) is 1.93. The van der Waals surface area contributed by atoms with E-state index in [0.717, 1.165) is 33.2 Å². The molecule has 0 aliphatic carbocycles. The Morgan fingerprint density at radius 2 is 2.11 bits per heavy atom. The zero-order valence-corrected chi connectivity index (χ0v) is 15.4. The van der Waals surface area contributed by atoms with Gasteiger partial charge in [0, 0.05) is 18.3 Å². The fourth-order valence-electron chi connectivity index (χ4n) is 3.57. The normalized spacial score (nSPS) is 16.9. The van der Waals surface area contributed by atoms with Gasteiger partial charge in [-0.05, 0) is 24.3 Å². The molecule has 1 atom stereocenters. The topological polar surface area (TPSA) is 99.0 Å². The third kappa shape index (κ3) is 2.60. The molecule has 1 aliphatic rings. The molecule has 136 valence electrons. The molecule has 4 aromatic rings. The summed E-state index contributed by atoms with van der Waals surface area (Å²) in [6.45, 7) is 0.399. The van der Waals surface area contributed by atoms with Gasteiger partial charge in [-0.15, -0.1) is 11.3 Å². The number of hydrogen-bond donors (Lipinski definition) is 2. The Morgan fingerprint density at radius 1 is 1.26 bits per heavy atom. The van der Waals surface area contributed by atoms with E-state index in [9.17, 15) is 4.79 Å². The van der Waals surface area contributed by atoms with Crippen molar-refractivity contribution in [3.63, 3.8) is 0 Å². The zero-order valence-electron chi connectivity index (χ0n) is 14.6. The second kappa shape index (κ2) is 5.95. The van der Waals surface area contributed by atoms with Crippen molar-refractivity contribution < 1.29 is 9.21 Å². The van der Waals surface area contributed by atoms with Crippen LogP contribution >= 0.6 is 11.3 Å². The Bertz CT molecular complexity index is 1170. The van der Waals surface area contributed by atoms with Gasteiger partial charge in [0.15, 0.2) is 16.7 Å². The number of benzene rings is 1. The maximum absolute atomic E-state index is 12.1. The van der Waals surface area contributed by atoms with Crippen molar-refractivity contribution in [3.8, 4) is 11.6 Å². The van der Waals surface area contributed by atoms with Gasteiger partial charge in [-0.3, -0.25) is 4.79 Å². The maximum Gasteiger partial charge on any atom is 0.221 e. The van der Waals surface area contributed by atoms with Gasteiger partial charge in [0.25, 0.3) is 0 Å². The molecule has 3 aromatic heterocycles. The van der Waals surface area contributed by atoms with Crippen molar-refractivity contribution in [2.24, 2.45) is 7.05 Å². The first kappa shape index (κ1) is 16.1. The van der Waals surface area contributed by atoms with Gasteiger partial charge in [0.1, 0.15) is 5.76 Å². The first-order valence-corrected chi connectivity index (χ1v) is 9.45. The number of aryl methyl sites for hydroxylation is 1. The molecule has 4 heterocycles. The average molecular weight is 379 g/mol. The smallest absolute Gasteiger partial charge is 0.221 e. The Balaban J connectivity index is 1.58. The third-order valence-electron chi connectivity index (χ3n) is 4.88. The number of hydrogen-bond acceptors (Lipinski definition) is 6. The van der Waals surface area contributed by atoms with Crippen molar-refractivity contribution in [1.29, 1.82) is 0 Å². The minimum atomic E-state index is -0.194. The third-order valence-corrected chi connectivity index (χ3v) is 5.92. The number of para-hydroxylation sites is 2. The number of aromatic nitrogens is 3. The summed E-state index contributed by atoms with van der Waals surface area (Å²) in [6, 6.07) is 11.8. The van der Waals surface area contributed by atoms with Gasteiger partial charge in [-0.1, -0.05) is 12.1 Å². The molecule has 0 fully saturated rings. The molecule has 0 saturated heterocycles. The predicted molar refractivity (Wildman–Crippen MR) is 103 cm³/mol. The number of carbonyl (C=O) groups excluding carboxylic acids is 1. The number of thiazole rings is 1. The van der Waals surface area contributed by atoms with E-state index in [2.05, 4.69) is 15.3 Å². The lowest BCUT2D eigenvalue weighted by Crippen LogP contribution is -2.21. The van der Waals surface area contributed by atoms with Crippen LogP contribution in [0.4, 0.5) is 5.13 Å². The highest BCUT2D eigenvalue weighted by molar-refractivity contribution is 7.15. The molecule has 0 bridgehead atoms. The maximum atomic E-state index is 12.1. The predicted octanol–water partition coefficient (Wildman–Crippen LogP) is 3.02. The molecule has 8 heteroatoms. The van der Waals surface area contributed by atoms with Crippen molar-refractivity contribution >= 4 is 33.4 Å². The number of nitrogens with two attached hydrogens (primary N) is 1. The van der Waals surface area contributed by atoms with Crippen LogP contribution in [0, 0.1) is 0 Å². The first-order chi connectivity index (χ1) is 13.1. The summed E-state index contributed by atoms with van der Waals surface area (Å²) in [5.41, 5.74) is 8.66. The number of carbonyl (C=O) groups is 1. The standard InChI is InChI=1S/C19H17N5O2S/c1-24-13-5-3-2-4-11(13)22-18(24)15-7-6-14(26-15)10-8-16(25)21-9-12-17(10)27-19(20)23-12/h2-7,10H,8-9H2,1H3,(H2,20,23)(H,21,25). The van der Waals surface area contributed by atoms with Gasteiger partial charge in [-0.25, -0.2) is 9.97 Å². The van der Waals surface area contributed by atoms with Crippen LogP contribution in [0.25, 0.3) is 22.6 Å². The monoisotopic (exact) mass is 379 g/mol. The van der Waals surface area contributed by atoms with Gasteiger partial charge < -0.3 is 20.0 Å². The van der Waals surface area contributed by atoms with Crippen molar-refractivity contribution in [2.75, 3.05) is 5.73 Å². The van der Waals surface area contributed by atoms with E-state index in [1.165, 1.54) is 11.3 Å². The Labute approximate surface area is 158 Å². The lowest BCUT2D eigenvalue weighted by molar-refractivity contribution is -0.121. The lowest BCUT2D eigenvalue weighted by Gasteiger charge is -2.09. The minimum absolute atomic E-state index is 0.0237. The largest absolute Gasteiger partial charge is 0.457 e. The second-order valence-corrected chi connectivity index (χ2v) is 7.64. The first-order valence-electron chi connectivity index (χ1n) is 8.63. The molecule has 7 nitrogen and oxygen atoms in total. The fourth-order valence-corrected chi connectivity index (χ4v) is 4.53. The molecule has 3 N–H and O–H groups in total. The van der Waals surface area contributed by atoms with Crippen LogP contribution in [-0.2, 0) is 18.4 Å². The Hall–Kier alpha value is -3.13. The number of nitrogens with zero attached hydrogens (tertiary/aromatic N) is 3. The molecule has 1 aromatic carbocycles. The molecule has 1 unspecified atom stereocenters. The summed E-state index contributed by atoms with van der Waals surface area (Å²) in [5, 5.41) is 3.37. The summed E-state index contributed by atoms with van der Waals surface area (Å²) >= 11 is 1.41. The number of nitrogens with one attached hydrogen (secondary N) is 1. The van der Waals surface area contributed by atoms with Gasteiger partial charge in [-0.2, -0.15) is 0 Å². The van der Waals surface area contributed by atoms with E-state index in [0.29, 0.717) is 23.9 Å². The molecule has 1 amide bonds. The Kier molecular flexibility index (Phi) is 3.54. The molecular weight excluding hydrogens is 362 g/mol. The number of imidazole rings is 1. The highest BCUT2D eigenvalue weighted by Gasteiger charge is 2.30. The van der Waals surface area contributed by atoms with E-state index < -0.39 is 0 Å². The quantitative estimate of drug-likeness (QED) is 0.558. The minimum Gasteiger partial charge on any atom is -0.457 e. The number of amides is 1. The van der Waals surface area contributed by atoms with E-state index in [1.807, 2.05) is 48.0 Å². The molecular formula is C19H17N5O2S. The van der Waals surface area contributed by atoms with Crippen LogP contribution in [0.1, 0.15) is 28.7 Å². The fraction of sp³-hybridized carbons (Fsp3) is 0.211. The van der Waals surface area contributed by atoms with Gasteiger partial charge in [0.05, 0.1) is 29.2 Å². The molecule has 0 spiro atoms. The highest BCUT2D eigenvalue weighted by atomic mass is 32.1. The van der Waals surface area contributed by atoms with E-state index in [-0.39, 0.29) is 11.8 Å². The number of rotatable bonds is 2. The molecule has 1 aliphatic heterocycles. The molecule has 5 rings (SSSR count). The van der Waals surface area contributed by atoms with Gasteiger partial charge in [0.2, 0.25) is 5.91 Å². The van der Waals surface area contributed by atoms with Crippen molar-refractivity contribution in [2.45, 2.75) is 18.9 Å². The molecule has 27 heavy (non-hydrogen) atoms. The van der Waals surface area contributed by atoms with Crippen LogP contribution in [0.15, 0.2) is 40.8 Å². The van der Waals surface area contributed by atoms with Crippen LogP contribution in [0.5, 0.6) is 0 Å². The van der Waals surface area contributed by atoms with E-state index in [4.69, 9.17) is 10.2 Å². The zero-order chi connectivity index (χ0) is 18.5. The van der Waals surface area contributed by atoms with Crippen molar-refractivity contribution in [1.82, 2.24) is 19.9 Å². The summed E-state index contributed by atoms with van der Waals surface area (Å²) in [7, 11) is 1.97. The lowest BCUT2D eigenvalue weighted by atomic mass is 10.00. The summed E-state index contributed by atoms with van der Waals surface area (Å²) in [6.07, 6.45) is 0.310. The number of fused-ring (bicyclic) bond motifs is 2. The van der Waals surface area contributed by atoms with Crippen molar-refractivity contribution in [3.05, 3.63) is 52.7 Å². The van der Waals surface area contributed by atoms with Crippen LogP contribution < -0.4 is 11.1 Å². The van der Waals surface area contributed by atoms with E-state index >= 15 is 0 Å². The molecule has 0 saturated carbocycles. The van der Waals surface area contributed by atoms with Gasteiger partial charge >= 0.3 is 0 Å². The summed E-state index contributed by atoms with van der Waals surface area (Å²) in [4.78, 5) is 22.2. The second-order valence-electron chi connectivity index (χ2n) is 6.58. The van der Waals surface area contributed by atoms with Crippen LogP contribution in [0.3, 0.4) is 0 Å². The summed E-state index contributed by atoms with van der Waals surface area (Å²) < 4.78 is 8.17. The van der Waals surface area contributed by atoms with E-state index in [1.54, 1.807) is 0 Å². The highest BCUT2D eigenvalue weighted by Crippen LogP contribution is 2.39. The number of furan rings is 1. The molecule has 0 radical (unpaired) electrons. The number of anilines is 1. The number of nitrogen functional groups attached to an aromatic ring is 1.